The van der Waals surface area contributed by atoms with Crippen LogP contribution < -0.4 is 5.32 Å². The maximum atomic E-state index is 11.8. The Balaban J connectivity index is 3.42. The molecular weight excluding hydrogens is 502 g/mol. The lowest BCUT2D eigenvalue weighted by Gasteiger charge is -2.19. The molecule has 0 aromatic carbocycles. The van der Waals surface area contributed by atoms with E-state index >= 15 is 0 Å². The normalized spacial score (nSPS) is 12.4. The minimum Gasteiger partial charge on any atom is -0.480 e. The van der Waals surface area contributed by atoms with Gasteiger partial charge in [0, 0.05) is 7.11 Å². The lowest BCUT2D eigenvalue weighted by Crippen LogP contribution is -2.41. The fraction of sp³-hybridized carbons (Fsp3) is 0.923. The van der Waals surface area contributed by atoms with Crippen LogP contribution in [-0.2, 0) is 42.7 Å². The number of aliphatic carboxylic acids is 1. The summed E-state index contributed by atoms with van der Waals surface area (Å²) in [6, 6.07) is -0.957. The Kier molecular flexibility index (Phi) is 24.7. The number of rotatable bonds is 27. The van der Waals surface area contributed by atoms with E-state index < -0.39 is 18.1 Å². The number of hydrogen-bond acceptors (Lipinski definition) is 10. The number of ether oxygens (including phenoxy) is 8. The Hall–Kier alpha value is -1.54. The van der Waals surface area contributed by atoms with Crippen LogP contribution in [0.4, 0.5) is 4.79 Å². The zero-order valence-electron chi connectivity index (χ0n) is 23.8. The topological polar surface area (TPSA) is 140 Å². The highest BCUT2D eigenvalue weighted by molar-refractivity contribution is 5.79. The molecule has 1 unspecified atom stereocenters. The van der Waals surface area contributed by atoms with E-state index in [1.54, 1.807) is 7.11 Å². The zero-order valence-corrected chi connectivity index (χ0v) is 23.8. The molecule has 0 radical (unpaired) electrons. The molecule has 1 amide bonds. The standard InChI is InChI=1S/C26H51NO11/c1-26(2,3)8-6-5-7-23(24(28)29)27-25(30)38-22-21-37-20-19-36-18-17-35-16-15-34-14-13-33-12-11-32-10-9-31-4/h23H,5-22H2,1-4H3,(H,27,30)(H,28,29). The summed E-state index contributed by atoms with van der Waals surface area (Å²) in [6.07, 6.45) is 2.23. The number of amides is 1. The smallest absolute Gasteiger partial charge is 0.407 e. The molecule has 0 heterocycles. The van der Waals surface area contributed by atoms with Crippen LogP contribution in [0.2, 0.25) is 0 Å². The molecule has 0 rings (SSSR count). The third kappa shape index (κ3) is 27.5. The van der Waals surface area contributed by atoms with Crippen molar-refractivity contribution in [3.05, 3.63) is 0 Å². The maximum absolute atomic E-state index is 11.8. The summed E-state index contributed by atoms with van der Waals surface area (Å²) in [5.41, 5.74) is 0.205. The van der Waals surface area contributed by atoms with Crippen LogP contribution in [0, 0.1) is 5.41 Å². The van der Waals surface area contributed by atoms with Crippen LogP contribution in [0.25, 0.3) is 0 Å². The van der Waals surface area contributed by atoms with Gasteiger partial charge in [0.05, 0.1) is 85.9 Å². The van der Waals surface area contributed by atoms with Crippen molar-refractivity contribution in [2.75, 3.05) is 99.6 Å². The Morgan fingerprint density at radius 2 is 1.05 bits per heavy atom. The first-order chi connectivity index (χ1) is 18.3. The minimum atomic E-state index is -1.07. The number of nitrogens with one attached hydrogen (secondary N) is 1. The van der Waals surface area contributed by atoms with Crippen LogP contribution >= 0.6 is 0 Å². The van der Waals surface area contributed by atoms with Crippen molar-refractivity contribution in [2.45, 2.75) is 52.5 Å². The lowest BCUT2D eigenvalue weighted by molar-refractivity contribution is -0.139. The van der Waals surface area contributed by atoms with Crippen molar-refractivity contribution in [1.82, 2.24) is 5.32 Å². The molecule has 0 saturated heterocycles. The Bertz CT molecular complexity index is 558. The highest BCUT2D eigenvalue weighted by Gasteiger charge is 2.20. The highest BCUT2D eigenvalue weighted by atomic mass is 16.6. The van der Waals surface area contributed by atoms with E-state index in [1.165, 1.54) is 0 Å². The molecule has 0 aromatic rings. The average Bonchev–Trinajstić information content (AvgIpc) is 2.86. The maximum Gasteiger partial charge on any atom is 0.407 e. The molecule has 0 bridgehead atoms. The summed E-state index contributed by atoms with van der Waals surface area (Å²) in [7, 11) is 1.63. The number of carbonyl (C=O) groups is 2. The molecule has 0 spiro atoms. The number of hydrogen-bond donors (Lipinski definition) is 2. The molecule has 0 aliphatic rings. The van der Waals surface area contributed by atoms with Gasteiger partial charge in [-0.15, -0.1) is 0 Å². The monoisotopic (exact) mass is 553 g/mol. The summed E-state index contributed by atoms with van der Waals surface area (Å²) >= 11 is 0. The van der Waals surface area contributed by atoms with Crippen LogP contribution in [0.3, 0.4) is 0 Å². The summed E-state index contributed by atoms with van der Waals surface area (Å²) in [5.74, 6) is -1.07. The Morgan fingerprint density at radius 3 is 1.42 bits per heavy atom. The van der Waals surface area contributed by atoms with Gasteiger partial charge in [-0.1, -0.05) is 33.6 Å². The highest BCUT2D eigenvalue weighted by Crippen LogP contribution is 2.22. The van der Waals surface area contributed by atoms with Crippen molar-refractivity contribution in [1.29, 1.82) is 0 Å². The first-order valence-corrected chi connectivity index (χ1v) is 13.4. The first-order valence-electron chi connectivity index (χ1n) is 13.4. The van der Waals surface area contributed by atoms with Gasteiger partial charge < -0.3 is 48.3 Å². The largest absolute Gasteiger partial charge is 0.480 e. The molecule has 0 fully saturated rings. The third-order valence-electron chi connectivity index (χ3n) is 5.01. The minimum absolute atomic E-state index is 0.0263. The SMILES string of the molecule is COCCOCCOCCOCCOCCOCCOCCOC(=O)NC(CCCCC(C)(C)C)C(=O)O. The van der Waals surface area contributed by atoms with E-state index in [9.17, 15) is 14.7 Å². The van der Waals surface area contributed by atoms with Gasteiger partial charge in [0.25, 0.3) is 0 Å². The van der Waals surface area contributed by atoms with Crippen LogP contribution in [0.5, 0.6) is 0 Å². The number of carboxylic acids is 1. The molecule has 12 nitrogen and oxygen atoms in total. The molecule has 38 heavy (non-hydrogen) atoms. The van der Waals surface area contributed by atoms with E-state index in [4.69, 9.17) is 37.9 Å². The Labute approximate surface area is 227 Å². The molecule has 0 saturated carbocycles. The van der Waals surface area contributed by atoms with E-state index in [0.717, 1.165) is 19.3 Å². The second-order valence-corrected chi connectivity index (χ2v) is 9.64. The number of unbranched alkanes of at least 4 members (excludes halogenated alkanes) is 1. The molecule has 0 aliphatic heterocycles. The summed E-state index contributed by atoms with van der Waals surface area (Å²) in [5, 5.41) is 11.7. The fourth-order valence-corrected chi connectivity index (χ4v) is 2.98. The molecule has 12 heteroatoms. The van der Waals surface area contributed by atoms with Crippen molar-refractivity contribution in [3.63, 3.8) is 0 Å². The first kappa shape index (κ1) is 36.5. The number of alkyl carbamates (subject to hydrolysis) is 1. The second-order valence-electron chi connectivity index (χ2n) is 9.64. The molecular formula is C26H51NO11. The zero-order chi connectivity index (χ0) is 28.3. The number of carboxylic acid groups (broad SMARTS) is 1. The molecule has 226 valence electrons. The van der Waals surface area contributed by atoms with Gasteiger partial charge in [-0.05, 0) is 18.3 Å². The van der Waals surface area contributed by atoms with Crippen LogP contribution in [-0.4, -0.2) is 123 Å². The van der Waals surface area contributed by atoms with Gasteiger partial charge in [0.1, 0.15) is 12.6 Å². The quantitative estimate of drug-likeness (QED) is 0.145. The summed E-state index contributed by atoms with van der Waals surface area (Å²) in [6.45, 7) is 12.4. The van der Waals surface area contributed by atoms with Gasteiger partial charge in [-0.2, -0.15) is 0 Å². The van der Waals surface area contributed by atoms with E-state index in [0.29, 0.717) is 85.7 Å². The van der Waals surface area contributed by atoms with Crippen molar-refractivity contribution >= 4 is 12.1 Å². The van der Waals surface area contributed by atoms with Crippen molar-refractivity contribution in [2.24, 2.45) is 5.41 Å². The van der Waals surface area contributed by atoms with Gasteiger partial charge >= 0.3 is 12.1 Å². The van der Waals surface area contributed by atoms with Crippen LogP contribution in [0.1, 0.15) is 46.5 Å². The van der Waals surface area contributed by atoms with Gasteiger partial charge in [0.15, 0.2) is 0 Å². The average molecular weight is 554 g/mol. The van der Waals surface area contributed by atoms with E-state index in [2.05, 4.69) is 26.1 Å². The second kappa shape index (κ2) is 25.7. The molecule has 0 aliphatic carbocycles. The van der Waals surface area contributed by atoms with E-state index in [1.807, 2.05) is 0 Å². The van der Waals surface area contributed by atoms with Crippen molar-refractivity contribution < 1.29 is 52.6 Å². The van der Waals surface area contributed by atoms with Gasteiger partial charge in [-0.3, -0.25) is 0 Å². The number of methoxy groups -OCH3 is 1. The summed E-state index contributed by atoms with van der Waals surface area (Å²) < 4.78 is 42.1. The fourth-order valence-electron chi connectivity index (χ4n) is 2.98. The predicted molar refractivity (Wildman–Crippen MR) is 141 cm³/mol. The predicted octanol–water partition coefficient (Wildman–Crippen LogP) is 2.52. The van der Waals surface area contributed by atoms with E-state index in [-0.39, 0.29) is 18.6 Å². The molecule has 2 N–H and O–H groups in total. The van der Waals surface area contributed by atoms with Crippen LogP contribution in [0.15, 0.2) is 0 Å². The van der Waals surface area contributed by atoms with Gasteiger partial charge in [-0.25, -0.2) is 9.59 Å². The molecule has 1 atom stereocenters. The molecule has 0 aromatic heterocycles. The lowest BCUT2D eigenvalue weighted by atomic mass is 9.89. The van der Waals surface area contributed by atoms with Gasteiger partial charge in [0.2, 0.25) is 0 Å². The summed E-state index contributed by atoms with van der Waals surface area (Å²) in [4.78, 5) is 23.2. The Morgan fingerprint density at radius 1 is 0.658 bits per heavy atom. The van der Waals surface area contributed by atoms with Crippen molar-refractivity contribution in [3.8, 4) is 0 Å². The number of carbonyl (C=O) groups excluding carboxylic acids is 1. The third-order valence-corrected chi connectivity index (χ3v) is 5.01.